The van der Waals surface area contributed by atoms with E-state index >= 15 is 0 Å². The van der Waals surface area contributed by atoms with E-state index in [0.29, 0.717) is 19.6 Å². The number of hydrogen-bond donors (Lipinski definition) is 3. The van der Waals surface area contributed by atoms with Gasteiger partial charge in [-0.3, -0.25) is 0 Å². The molecule has 0 unspecified atom stereocenters. The first-order chi connectivity index (χ1) is 15.1. The van der Waals surface area contributed by atoms with Crippen molar-refractivity contribution < 1.29 is 4.79 Å². The second-order valence-corrected chi connectivity index (χ2v) is 8.45. The Bertz CT molecular complexity index is 918. The molecule has 3 aromatic rings. The molecule has 0 atom stereocenters. The van der Waals surface area contributed by atoms with Gasteiger partial charge < -0.3 is 20.5 Å². The fraction of sp³-hybridized carbons (Fsp3) is 0.318. The normalized spacial score (nSPS) is 10.6. The zero-order valence-electron chi connectivity index (χ0n) is 17.2. The van der Waals surface area contributed by atoms with Crippen LogP contribution in [-0.2, 0) is 13.0 Å². The van der Waals surface area contributed by atoms with E-state index in [1.54, 1.807) is 18.7 Å². The SMILES string of the molecule is O=C(NCCCc1cnc[nH]1)NCCCN(Cc1ccc(Cl)cc1)c1ccc(Br)cn1. The molecule has 0 saturated carbocycles. The van der Waals surface area contributed by atoms with Crippen molar-refractivity contribution in [2.24, 2.45) is 0 Å². The predicted molar refractivity (Wildman–Crippen MR) is 127 cm³/mol. The molecule has 164 valence electrons. The lowest BCUT2D eigenvalue weighted by Gasteiger charge is -2.24. The van der Waals surface area contributed by atoms with E-state index in [2.05, 4.69) is 46.4 Å². The zero-order valence-corrected chi connectivity index (χ0v) is 19.5. The minimum atomic E-state index is -0.143. The van der Waals surface area contributed by atoms with E-state index < -0.39 is 0 Å². The van der Waals surface area contributed by atoms with Gasteiger partial charge in [-0.05, 0) is 65.0 Å². The molecular formula is C22H26BrClN6O. The number of nitrogens with one attached hydrogen (secondary N) is 3. The number of pyridine rings is 1. The van der Waals surface area contributed by atoms with Crippen LogP contribution in [0.25, 0.3) is 0 Å². The number of carbonyl (C=O) groups is 1. The molecule has 0 fully saturated rings. The van der Waals surface area contributed by atoms with E-state index in [0.717, 1.165) is 52.4 Å². The summed E-state index contributed by atoms with van der Waals surface area (Å²) in [4.78, 5) is 25.8. The molecule has 0 spiro atoms. The van der Waals surface area contributed by atoms with Gasteiger partial charge in [0.15, 0.2) is 0 Å². The third-order valence-corrected chi connectivity index (χ3v) is 5.40. The summed E-state index contributed by atoms with van der Waals surface area (Å²) in [6, 6.07) is 11.6. The number of aromatic nitrogens is 3. The number of hydrogen-bond acceptors (Lipinski definition) is 4. The second-order valence-electron chi connectivity index (χ2n) is 7.10. The first-order valence-corrected chi connectivity index (χ1v) is 11.4. The average molecular weight is 506 g/mol. The van der Waals surface area contributed by atoms with Crippen molar-refractivity contribution >= 4 is 39.4 Å². The zero-order chi connectivity index (χ0) is 21.9. The van der Waals surface area contributed by atoms with E-state index in [1.807, 2.05) is 36.4 Å². The Kier molecular flexibility index (Phi) is 9.17. The monoisotopic (exact) mass is 504 g/mol. The Morgan fingerprint density at radius 1 is 1.06 bits per heavy atom. The van der Waals surface area contributed by atoms with Crippen LogP contribution in [0.4, 0.5) is 10.6 Å². The maximum Gasteiger partial charge on any atom is 0.314 e. The largest absolute Gasteiger partial charge is 0.352 e. The summed E-state index contributed by atoms with van der Waals surface area (Å²) < 4.78 is 0.938. The summed E-state index contributed by atoms with van der Waals surface area (Å²) in [5.41, 5.74) is 2.22. The molecule has 2 amide bonds. The molecular weight excluding hydrogens is 480 g/mol. The summed E-state index contributed by atoms with van der Waals surface area (Å²) in [6.45, 7) is 2.68. The van der Waals surface area contributed by atoms with Gasteiger partial charge in [-0.25, -0.2) is 14.8 Å². The first kappa shape index (κ1) is 23.1. The summed E-state index contributed by atoms with van der Waals surface area (Å²) in [5.74, 6) is 0.890. The van der Waals surface area contributed by atoms with E-state index in [9.17, 15) is 4.79 Å². The smallest absolute Gasteiger partial charge is 0.314 e. The van der Waals surface area contributed by atoms with Gasteiger partial charge in [0.2, 0.25) is 0 Å². The van der Waals surface area contributed by atoms with Crippen LogP contribution in [0, 0.1) is 0 Å². The van der Waals surface area contributed by atoms with Crippen LogP contribution in [0.1, 0.15) is 24.1 Å². The van der Waals surface area contributed by atoms with Gasteiger partial charge in [0.25, 0.3) is 0 Å². The van der Waals surface area contributed by atoms with Crippen LogP contribution in [-0.4, -0.2) is 40.6 Å². The number of carbonyl (C=O) groups excluding carboxylic acids is 1. The van der Waals surface area contributed by atoms with Gasteiger partial charge in [-0.2, -0.15) is 0 Å². The van der Waals surface area contributed by atoms with E-state index in [1.165, 1.54) is 0 Å². The topological polar surface area (TPSA) is 85.9 Å². The Morgan fingerprint density at radius 2 is 1.84 bits per heavy atom. The number of aryl methyl sites for hydroxylation is 1. The highest BCUT2D eigenvalue weighted by Gasteiger charge is 2.10. The third-order valence-electron chi connectivity index (χ3n) is 4.68. The van der Waals surface area contributed by atoms with Gasteiger partial charge in [0, 0.05) is 53.8 Å². The minimum absolute atomic E-state index is 0.143. The van der Waals surface area contributed by atoms with Crippen LogP contribution in [0.3, 0.4) is 0 Å². The summed E-state index contributed by atoms with van der Waals surface area (Å²) in [5, 5.41) is 6.53. The van der Waals surface area contributed by atoms with Crippen LogP contribution in [0.15, 0.2) is 59.6 Å². The molecule has 0 radical (unpaired) electrons. The predicted octanol–water partition coefficient (Wildman–Crippen LogP) is 4.55. The number of H-pyrrole nitrogens is 1. The second kappa shape index (κ2) is 12.3. The highest BCUT2D eigenvalue weighted by atomic mass is 79.9. The lowest BCUT2D eigenvalue weighted by molar-refractivity contribution is 0.240. The highest BCUT2D eigenvalue weighted by molar-refractivity contribution is 9.10. The number of halogens is 2. The number of urea groups is 1. The molecule has 0 aliphatic heterocycles. The molecule has 3 rings (SSSR count). The molecule has 1 aromatic carbocycles. The maximum absolute atomic E-state index is 12.0. The number of amides is 2. The van der Waals surface area contributed by atoms with Crippen LogP contribution in [0.2, 0.25) is 5.02 Å². The number of aromatic amines is 1. The van der Waals surface area contributed by atoms with Crippen LogP contribution in [0.5, 0.6) is 0 Å². The van der Waals surface area contributed by atoms with Crippen molar-refractivity contribution in [3.8, 4) is 0 Å². The molecule has 0 aliphatic rings. The van der Waals surface area contributed by atoms with Crippen LogP contribution < -0.4 is 15.5 Å². The molecule has 2 aromatic heterocycles. The Morgan fingerprint density at radius 3 is 2.52 bits per heavy atom. The maximum atomic E-state index is 12.0. The average Bonchev–Trinajstić information content (AvgIpc) is 3.29. The van der Waals surface area contributed by atoms with E-state index in [4.69, 9.17) is 11.6 Å². The summed E-state index contributed by atoms with van der Waals surface area (Å²) >= 11 is 9.44. The Labute approximate surface area is 195 Å². The molecule has 31 heavy (non-hydrogen) atoms. The number of imidazole rings is 1. The quantitative estimate of drug-likeness (QED) is 0.334. The van der Waals surface area contributed by atoms with Gasteiger partial charge in [-0.15, -0.1) is 0 Å². The van der Waals surface area contributed by atoms with Crippen molar-refractivity contribution in [3.63, 3.8) is 0 Å². The summed E-state index contributed by atoms with van der Waals surface area (Å²) in [6.07, 6.45) is 7.78. The van der Waals surface area contributed by atoms with Crippen molar-refractivity contribution in [1.29, 1.82) is 0 Å². The fourth-order valence-electron chi connectivity index (χ4n) is 3.08. The molecule has 3 N–H and O–H groups in total. The van der Waals surface area contributed by atoms with E-state index in [-0.39, 0.29) is 6.03 Å². The van der Waals surface area contributed by atoms with Crippen molar-refractivity contribution in [3.05, 3.63) is 75.9 Å². The number of anilines is 1. The summed E-state index contributed by atoms with van der Waals surface area (Å²) in [7, 11) is 0. The highest BCUT2D eigenvalue weighted by Crippen LogP contribution is 2.19. The molecule has 0 aliphatic carbocycles. The van der Waals surface area contributed by atoms with Gasteiger partial charge >= 0.3 is 6.03 Å². The van der Waals surface area contributed by atoms with Crippen molar-refractivity contribution in [2.75, 3.05) is 24.5 Å². The lowest BCUT2D eigenvalue weighted by Crippen LogP contribution is -2.37. The number of nitrogens with zero attached hydrogens (tertiary/aromatic N) is 3. The molecule has 0 saturated heterocycles. The van der Waals surface area contributed by atoms with Crippen molar-refractivity contribution in [1.82, 2.24) is 25.6 Å². The van der Waals surface area contributed by atoms with Gasteiger partial charge in [-0.1, -0.05) is 23.7 Å². The van der Waals surface area contributed by atoms with Gasteiger partial charge in [0.1, 0.15) is 5.82 Å². The molecule has 2 heterocycles. The fourth-order valence-corrected chi connectivity index (χ4v) is 3.44. The van der Waals surface area contributed by atoms with Crippen LogP contribution >= 0.6 is 27.5 Å². The molecule has 0 bridgehead atoms. The Hall–Kier alpha value is -2.58. The number of rotatable bonds is 11. The van der Waals surface area contributed by atoms with Crippen molar-refractivity contribution in [2.45, 2.75) is 25.8 Å². The lowest BCUT2D eigenvalue weighted by atomic mass is 10.2. The molecule has 7 nitrogen and oxygen atoms in total. The minimum Gasteiger partial charge on any atom is -0.352 e. The first-order valence-electron chi connectivity index (χ1n) is 10.2. The Balaban J connectivity index is 1.42. The number of benzene rings is 1. The third kappa shape index (κ3) is 8.22. The standard InChI is InChI=1S/C22H26BrClN6O/c23-18-6-9-21(28-13-18)30(15-17-4-7-19(24)8-5-17)12-2-11-27-22(31)26-10-1-3-20-14-25-16-29-20/h4-9,13-14,16H,1-3,10-12,15H2,(H,25,29)(H2,26,27,31). The molecule has 9 heteroatoms. The van der Waals surface area contributed by atoms with Gasteiger partial charge in [0.05, 0.1) is 6.33 Å².